The SMILES string of the molecule is COc1cc(C)c2c(=O)c3c(oc2c1OC)C(Br)C=CC3(C)OC. The zero-order chi connectivity index (χ0) is 17.6. The number of hydrogen-bond donors (Lipinski definition) is 0. The van der Waals surface area contributed by atoms with Crippen molar-refractivity contribution in [2.24, 2.45) is 0 Å². The number of rotatable bonds is 3. The maximum atomic E-state index is 13.3. The van der Waals surface area contributed by atoms with Crippen molar-refractivity contribution in [2.45, 2.75) is 24.3 Å². The zero-order valence-corrected chi connectivity index (χ0v) is 15.8. The van der Waals surface area contributed by atoms with Gasteiger partial charge in [0.05, 0.1) is 30.0 Å². The molecule has 5 nitrogen and oxygen atoms in total. The molecule has 0 amide bonds. The van der Waals surface area contributed by atoms with Gasteiger partial charge in [-0.25, -0.2) is 0 Å². The van der Waals surface area contributed by atoms with Gasteiger partial charge >= 0.3 is 0 Å². The van der Waals surface area contributed by atoms with Crippen LogP contribution in [0.4, 0.5) is 0 Å². The normalized spacial score (nSPS) is 22.5. The molecule has 2 aromatic rings. The second-order valence-electron chi connectivity index (χ2n) is 5.88. The molecule has 0 fully saturated rings. The largest absolute Gasteiger partial charge is 0.493 e. The zero-order valence-electron chi connectivity index (χ0n) is 14.2. The van der Waals surface area contributed by atoms with Gasteiger partial charge in [0.2, 0.25) is 5.75 Å². The fraction of sp³-hybridized carbons (Fsp3) is 0.389. The quantitative estimate of drug-likeness (QED) is 0.581. The van der Waals surface area contributed by atoms with Gasteiger partial charge in [0, 0.05) is 7.11 Å². The Morgan fingerprint density at radius 1 is 1.25 bits per heavy atom. The van der Waals surface area contributed by atoms with Crippen LogP contribution in [0.15, 0.2) is 27.4 Å². The molecule has 1 aromatic heterocycles. The van der Waals surface area contributed by atoms with Crippen LogP contribution in [-0.4, -0.2) is 21.3 Å². The number of benzene rings is 1. The van der Waals surface area contributed by atoms with E-state index >= 15 is 0 Å². The predicted octanol–water partition coefficient (Wildman–Crippen LogP) is 3.99. The summed E-state index contributed by atoms with van der Waals surface area (Å²) in [4.78, 5) is 13.1. The topological polar surface area (TPSA) is 57.9 Å². The fourth-order valence-electron chi connectivity index (χ4n) is 3.13. The van der Waals surface area contributed by atoms with E-state index in [1.54, 1.807) is 20.3 Å². The van der Waals surface area contributed by atoms with Crippen LogP contribution in [0.3, 0.4) is 0 Å². The first-order valence-corrected chi connectivity index (χ1v) is 8.40. The second kappa shape index (κ2) is 5.93. The van der Waals surface area contributed by atoms with E-state index in [9.17, 15) is 4.79 Å². The Labute approximate surface area is 148 Å². The standard InChI is InChI=1S/C18H19BrO5/c1-9-8-11(21-3)16(22-4)17-12(9)14(20)13-15(24-17)10(19)6-7-18(13,2)23-5/h6-8,10H,1-5H3. The van der Waals surface area contributed by atoms with Crippen molar-refractivity contribution in [1.29, 1.82) is 0 Å². The van der Waals surface area contributed by atoms with Crippen molar-refractivity contribution < 1.29 is 18.6 Å². The van der Waals surface area contributed by atoms with Gasteiger partial charge in [0.25, 0.3) is 0 Å². The van der Waals surface area contributed by atoms with E-state index in [1.807, 2.05) is 26.0 Å². The molecule has 1 aliphatic carbocycles. The molecular weight excluding hydrogens is 376 g/mol. The Bertz CT molecular complexity index is 899. The number of alkyl halides is 1. The molecule has 0 saturated heterocycles. The summed E-state index contributed by atoms with van der Waals surface area (Å²) < 4.78 is 22.5. The molecule has 2 atom stereocenters. The van der Waals surface area contributed by atoms with Crippen LogP contribution >= 0.6 is 15.9 Å². The van der Waals surface area contributed by atoms with Crippen molar-refractivity contribution in [3.63, 3.8) is 0 Å². The molecular formula is C18H19BrO5. The van der Waals surface area contributed by atoms with E-state index in [0.717, 1.165) is 5.56 Å². The van der Waals surface area contributed by atoms with Gasteiger partial charge in [0.1, 0.15) is 11.4 Å². The summed E-state index contributed by atoms with van der Waals surface area (Å²) in [5, 5.41) is 0.477. The van der Waals surface area contributed by atoms with Crippen molar-refractivity contribution in [3.05, 3.63) is 45.3 Å². The molecule has 24 heavy (non-hydrogen) atoms. The van der Waals surface area contributed by atoms with E-state index in [-0.39, 0.29) is 10.3 Å². The van der Waals surface area contributed by atoms with Gasteiger partial charge < -0.3 is 18.6 Å². The number of hydrogen-bond acceptors (Lipinski definition) is 5. The van der Waals surface area contributed by atoms with Crippen LogP contribution in [-0.2, 0) is 10.3 Å². The summed E-state index contributed by atoms with van der Waals surface area (Å²) in [5.74, 6) is 1.45. The maximum Gasteiger partial charge on any atom is 0.204 e. The number of aryl methyl sites for hydroxylation is 1. The first-order chi connectivity index (χ1) is 11.4. The molecule has 6 heteroatoms. The van der Waals surface area contributed by atoms with Crippen molar-refractivity contribution in [1.82, 2.24) is 0 Å². The Morgan fingerprint density at radius 3 is 2.54 bits per heavy atom. The molecule has 3 rings (SSSR count). The molecule has 0 aliphatic heterocycles. The Morgan fingerprint density at radius 2 is 1.96 bits per heavy atom. The minimum atomic E-state index is -0.839. The third-order valence-corrected chi connectivity index (χ3v) is 5.21. The molecule has 0 radical (unpaired) electrons. The molecule has 0 saturated carbocycles. The lowest BCUT2D eigenvalue weighted by Gasteiger charge is -2.31. The smallest absolute Gasteiger partial charge is 0.204 e. The molecule has 0 bridgehead atoms. The highest BCUT2D eigenvalue weighted by Gasteiger charge is 2.38. The van der Waals surface area contributed by atoms with E-state index in [4.69, 9.17) is 18.6 Å². The summed E-state index contributed by atoms with van der Waals surface area (Å²) >= 11 is 3.54. The highest BCUT2D eigenvalue weighted by atomic mass is 79.9. The Hall–Kier alpha value is -1.79. The lowest BCUT2D eigenvalue weighted by molar-refractivity contribution is 0.0408. The summed E-state index contributed by atoms with van der Waals surface area (Å²) in [7, 11) is 4.66. The first-order valence-electron chi connectivity index (χ1n) is 7.49. The van der Waals surface area contributed by atoms with Crippen LogP contribution in [0.2, 0.25) is 0 Å². The van der Waals surface area contributed by atoms with Crippen LogP contribution < -0.4 is 14.9 Å². The van der Waals surface area contributed by atoms with E-state index < -0.39 is 5.60 Å². The molecule has 1 aliphatic rings. The monoisotopic (exact) mass is 394 g/mol. The summed E-state index contributed by atoms with van der Waals surface area (Å²) in [6.45, 7) is 3.70. The van der Waals surface area contributed by atoms with Crippen LogP contribution in [0, 0.1) is 6.92 Å². The highest BCUT2D eigenvalue weighted by Crippen LogP contribution is 2.44. The predicted molar refractivity (Wildman–Crippen MR) is 95.5 cm³/mol. The van der Waals surface area contributed by atoms with E-state index in [2.05, 4.69) is 15.9 Å². The molecule has 1 heterocycles. The van der Waals surface area contributed by atoms with Crippen LogP contribution in [0.1, 0.15) is 28.6 Å². The average Bonchev–Trinajstić information content (AvgIpc) is 2.57. The summed E-state index contributed by atoms with van der Waals surface area (Å²) in [6.07, 6.45) is 3.77. The minimum Gasteiger partial charge on any atom is -0.493 e. The van der Waals surface area contributed by atoms with Gasteiger partial charge in [-0.1, -0.05) is 28.1 Å². The van der Waals surface area contributed by atoms with Crippen molar-refractivity contribution in [3.8, 4) is 11.5 Å². The molecule has 128 valence electrons. The fourth-order valence-corrected chi connectivity index (χ4v) is 3.61. The average molecular weight is 395 g/mol. The highest BCUT2D eigenvalue weighted by molar-refractivity contribution is 9.09. The number of fused-ring (bicyclic) bond motifs is 2. The second-order valence-corrected chi connectivity index (χ2v) is 6.86. The van der Waals surface area contributed by atoms with Gasteiger partial charge in [0.15, 0.2) is 16.8 Å². The molecule has 1 aromatic carbocycles. The van der Waals surface area contributed by atoms with Gasteiger partial charge in [-0.3, -0.25) is 4.79 Å². The Kier molecular flexibility index (Phi) is 4.21. The van der Waals surface area contributed by atoms with Gasteiger partial charge in [-0.05, 0) is 25.5 Å². The first kappa shape index (κ1) is 17.0. The number of allylic oxidation sites excluding steroid dienone is 1. The summed E-state index contributed by atoms with van der Waals surface area (Å²) in [6, 6.07) is 1.78. The molecule has 0 spiro atoms. The van der Waals surface area contributed by atoms with Crippen LogP contribution in [0.25, 0.3) is 11.0 Å². The number of ether oxygens (including phenoxy) is 3. The minimum absolute atomic E-state index is 0.122. The number of methoxy groups -OCH3 is 3. The van der Waals surface area contributed by atoms with Gasteiger partial charge in [-0.15, -0.1) is 0 Å². The third kappa shape index (κ3) is 2.28. The third-order valence-electron chi connectivity index (χ3n) is 4.49. The van der Waals surface area contributed by atoms with Crippen molar-refractivity contribution >= 4 is 26.9 Å². The van der Waals surface area contributed by atoms with Gasteiger partial charge in [-0.2, -0.15) is 0 Å². The van der Waals surface area contributed by atoms with Crippen molar-refractivity contribution in [2.75, 3.05) is 21.3 Å². The molecule has 0 N–H and O–H groups in total. The maximum absolute atomic E-state index is 13.3. The van der Waals surface area contributed by atoms with E-state index in [1.165, 1.54) is 7.11 Å². The lowest BCUT2D eigenvalue weighted by Crippen LogP contribution is -2.33. The Balaban J connectivity index is 2.51. The number of halogens is 1. The van der Waals surface area contributed by atoms with E-state index in [0.29, 0.717) is 33.8 Å². The lowest BCUT2D eigenvalue weighted by atomic mass is 9.87. The molecule has 2 unspecified atom stereocenters. The van der Waals surface area contributed by atoms with Crippen LogP contribution in [0.5, 0.6) is 11.5 Å². The summed E-state index contributed by atoms with van der Waals surface area (Å²) in [5.41, 5.74) is 0.684.